The van der Waals surface area contributed by atoms with E-state index in [1.807, 2.05) is 0 Å². The molecular formula is C10H23NO. The highest BCUT2D eigenvalue weighted by molar-refractivity contribution is 4.75. The van der Waals surface area contributed by atoms with Gasteiger partial charge in [-0.05, 0) is 26.7 Å². The maximum atomic E-state index is 5.85. The van der Waals surface area contributed by atoms with Crippen LogP contribution < -0.4 is 5.73 Å². The zero-order chi connectivity index (χ0) is 9.61. The molecule has 0 amide bonds. The van der Waals surface area contributed by atoms with Crippen LogP contribution in [0.5, 0.6) is 0 Å². The Hall–Kier alpha value is -0.0800. The van der Waals surface area contributed by atoms with Crippen LogP contribution >= 0.6 is 0 Å². The molecule has 74 valence electrons. The molecular weight excluding hydrogens is 150 g/mol. The third-order valence-corrected chi connectivity index (χ3v) is 2.36. The van der Waals surface area contributed by atoms with E-state index in [4.69, 9.17) is 10.5 Å². The van der Waals surface area contributed by atoms with E-state index in [0.717, 1.165) is 12.8 Å². The monoisotopic (exact) mass is 173 g/mol. The second kappa shape index (κ2) is 5.55. The van der Waals surface area contributed by atoms with Crippen LogP contribution in [0.4, 0.5) is 0 Å². The lowest BCUT2D eigenvalue weighted by atomic mass is 10.0. The molecule has 0 radical (unpaired) electrons. The smallest absolute Gasteiger partial charge is 0.0777 e. The highest BCUT2D eigenvalue weighted by Crippen LogP contribution is 2.17. The van der Waals surface area contributed by atoms with Crippen LogP contribution in [0.15, 0.2) is 0 Å². The molecule has 0 heterocycles. The van der Waals surface area contributed by atoms with Crippen LogP contribution in [-0.2, 0) is 4.74 Å². The summed E-state index contributed by atoms with van der Waals surface area (Å²) in [5.74, 6) is 0. The molecule has 0 aliphatic heterocycles. The van der Waals surface area contributed by atoms with Gasteiger partial charge in [0.1, 0.15) is 0 Å². The van der Waals surface area contributed by atoms with Crippen LogP contribution in [0.3, 0.4) is 0 Å². The van der Waals surface area contributed by atoms with Crippen molar-refractivity contribution >= 4 is 0 Å². The molecule has 0 bridgehead atoms. The predicted octanol–water partition coefficient (Wildman–Crippen LogP) is 2.32. The molecule has 0 aliphatic rings. The number of hydrogen-bond donors (Lipinski definition) is 1. The van der Waals surface area contributed by atoms with Gasteiger partial charge in [0, 0.05) is 6.54 Å². The fourth-order valence-electron chi connectivity index (χ4n) is 1.23. The summed E-state index contributed by atoms with van der Waals surface area (Å²) >= 11 is 0. The molecule has 0 aromatic heterocycles. The highest BCUT2D eigenvalue weighted by atomic mass is 16.5. The Labute approximate surface area is 76.5 Å². The van der Waals surface area contributed by atoms with Crippen molar-refractivity contribution in [3.05, 3.63) is 0 Å². The highest BCUT2D eigenvalue weighted by Gasteiger charge is 2.22. The molecule has 0 aromatic rings. The molecule has 2 atom stereocenters. The van der Waals surface area contributed by atoms with E-state index in [0.29, 0.717) is 12.6 Å². The van der Waals surface area contributed by atoms with Crippen molar-refractivity contribution in [1.29, 1.82) is 0 Å². The maximum absolute atomic E-state index is 5.85. The lowest BCUT2D eigenvalue weighted by Gasteiger charge is -2.30. The van der Waals surface area contributed by atoms with Crippen molar-refractivity contribution < 1.29 is 4.74 Å². The van der Waals surface area contributed by atoms with E-state index < -0.39 is 0 Å². The van der Waals surface area contributed by atoms with E-state index in [2.05, 4.69) is 27.7 Å². The molecule has 0 aromatic carbocycles. The molecule has 2 heteroatoms. The van der Waals surface area contributed by atoms with Crippen molar-refractivity contribution in [1.82, 2.24) is 0 Å². The van der Waals surface area contributed by atoms with Gasteiger partial charge in [-0.1, -0.05) is 20.3 Å². The first-order chi connectivity index (χ1) is 5.58. The fraction of sp³-hybridized carbons (Fsp3) is 1.00. The van der Waals surface area contributed by atoms with Gasteiger partial charge in [-0.2, -0.15) is 0 Å². The Kier molecular flexibility index (Phi) is 5.51. The molecule has 0 aliphatic carbocycles. The second-order valence-electron chi connectivity index (χ2n) is 3.72. The Bertz CT molecular complexity index is 110. The maximum Gasteiger partial charge on any atom is 0.0777 e. The van der Waals surface area contributed by atoms with Crippen LogP contribution in [0.1, 0.15) is 47.0 Å². The summed E-state index contributed by atoms with van der Waals surface area (Å²) in [7, 11) is 0. The molecule has 2 nitrogen and oxygen atoms in total. The number of hydrogen-bond acceptors (Lipinski definition) is 2. The van der Waals surface area contributed by atoms with Crippen LogP contribution in [-0.4, -0.2) is 18.2 Å². The first-order valence-corrected chi connectivity index (χ1v) is 4.95. The van der Waals surface area contributed by atoms with Gasteiger partial charge in [-0.25, -0.2) is 0 Å². The summed E-state index contributed by atoms with van der Waals surface area (Å²) in [6.07, 6.45) is 3.61. The fourth-order valence-corrected chi connectivity index (χ4v) is 1.23. The summed E-state index contributed by atoms with van der Waals surface area (Å²) < 4.78 is 5.85. The number of rotatable bonds is 6. The van der Waals surface area contributed by atoms with Crippen molar-refractivity contribution in [2.45, 2.75) is 58.7 Å². The molecule has 2 N–H and O–H groups in total. The zero-order valence-corrected chi connectivity index (χ0v) is 8.89. The van der Waals surface area contributed by atoms with E-state index >= 15 is 0 Å². The average molecular weight is 173 g/mol. The van der Waals surface area contributed by atoms with Gasteiger partial charge in [0.2, 0.25) is 0 Å². The van der Waals surface area contributed by atoms with E-state index in [1.54, 1.807) is 0 Å². The summed E-state index contributed by atoms with van der Waals surface area (Å²) in [5, 5.41) is 0. The van der Waals surface area contributed by atoms with Crippen LogP contribution in [0.2, 0.25) is 0 Å². The number of ether oxygens (including phenoxy) is 1. The summed E-state index contributed by atoms with van der Waals surface area (Å²) in [6.45, 7) is 9.10. The largest absolute Gasteiger partial charge is 0.371 e. The number of nitrogens with two attached hydrogens (primary N) is 1. The topological polar surface area (TPSA) is 35.2 Å². The summed E-state index contributed by atoms with van der Waals surface area (Å²) in [6, 6.07) is 0. The van der Waals surface area contributed by atoms with Gasteiger partial charge in [-0.15, -0.1) is 0 Å². The lowest BCUT2D eigenvalue weighted by molar-refractivity contribution is -0.0742. The van der Waals surface area contributed by atoms with Gasteiger partial charge in [-0.3, -0.25) is 0 Å². The zero-order valence-electron chi connectivity index (χ0n) is 8.89. The molecule has 0 fully saturated rings. The first-order valence-electron chi connectivity index (χ1n) is 4.95. The Morgan fingerprint density at radius 2 is 2.00 bits per heavy atom. The average Bonchev–Trinajstić information content (AvgIpc) is 2.05. The predicted molar refractivity (Wildman–Crippen MR) is 53.2 cm³/mol. The summed E-state index contributed by atoms with van der Waals surface area (Å²) in [5.41, 5.74) is 5.52. The van der Waals surface area contributed by atoms with Crippen molar-refractivity contribution in [3.8, 4) is 0 Å². The normalized spacial score (nSPS) is 18.8. The van der Waals surface area contributed by atoms with Crippen LogP contribution in [0.25, 0.3) is 0 Å². The summed E-state index contributed by atoms with van der Waals surface area (Å²) in [4.78, 5) is 0. The molecule has 0 rings (SSSR count). The van der Waals surface area contributed by atoms with Gasteiger partial charge < -0.3 is 10.5 Å². The molecule has 0 saturated heterocycles. The molecule has 0 saturated carbocycles. The van der Waals surface area contributed by atoms with Crippen molar-refractivity contribution in [2.24, 2.45) is 5.73 Å². The van der Waals surface area contributed by atoms with Crippen molar-refractivity contribution in [3.63, 3.8) is 0 Å². The lowest BCUT2D eigenvalue weighted by Crippen LogP contribution is -2.39. The van der Waals surface area contributed by atoms with Gasteiger partial charge in [0.05, 0.1) is 11.7 Å². The van der Waals surface area contributed by atoms with Gasteiger partial charge >= 0.3 is 0 Å². The second-order valence-corrected chi connectivity index (χ2v) is 3.72. The minimum atomic E-state index is -0.116. The molecule has 12 heavy (non-hydrogen) atoms. The van der Waals surface area contributed by atoms with Crippen molar-refractivity contribution in [2.75, 3.05) is 6.54 Å². The van der Waals surface area contributed by atoms with E-state index in [1.165, 1.54) is 6.42 Å². The van der Waals surface area contributed by atoms with E-state index in [9.17, 15) is 0 Å². The SMILES string of the molecule is CCCC(C)OC(C)(CC)CN. The van der Waals surface area contributed by atoms with Gasteiger partial charge in [0.25, 0.3) is 0 Å². The quantitative estimate of drug-likeness (QED) is 0.669. The molecule has 2 unspecified atom stereocenters. The van der Waals surface area contributed by atoms with E-state index in [-0.39, 0.29) is 5.60 Å². The van der Waals surface area contributed by atoms with Gasteiger partial charge in [0.15, 0.2) is 0 Å². The first kappa shape index (κ1) is 11.9. The third-order valence-electron chi connectivity index (χ3n) is 2.36. The third kappa shape index (κ3) is 4.07. The Balaban J connectivity index is 3.84. The van der Waals surface area contributed by atoms with Crippen LogP contribution in [0, 0.1) is 0 Å². The Morgan fingerprint density at radius 1 is 1.42 bits per heavy atom. The standard InChI is InChI=1S/C10H23NO/c1-5-7-9(3)12-10(4,6-2)8-11/h9H,5-8,11H2,1-4H3. The minimum Gasteiger partial charge on any atom is -0.371 e. The minimum absolute atomic E-state index is 0.116. The molecule has 0 spiro atoms. The Morgan fingerprint density at radius 3 is 2.33 bits per heavy atom.